The quantitative estimate of drug-likeness (QED) is 0.944. The highest BCUT2D eigenvalue weighted by Gasteiger charge is 1.99. The van der Waals surface area contributed by atoms with Crippen LogP contribution < -0.4 is 5.32 Å². The lowest BCUT2D eigenvalue weighted by molar-refractivity contribution is 0.700. The van der Waals surface area contributed by atoms with Crippen molar-refractivity contribution in [3.63, 3.8) is 0 Å². The van der Waals surface area contributed by atoms with Crippen molar-refractivity contribution in [1.29, 1.82) is 5.26 Å². The molecule has 0 saturated carbocycles. The number of rotatable bonds is 4. The fourth-order valence-electron chi connectivity index (χ4n) is 1.42. The van der Waals surface area contributed by atoms with Crippen molar-refractivity contribution in [2.24, 2.45) is 0 Å². The predicted octanol–water partition coefficient (Wildman–Crippen LogP) is 3.07. The molecule has 2 rings (SSSR count). The summed E-state index contributed by atoms with van der Waals surface area (Å²) in [4.78, 5) is 5.22. The van der Waals surface area contributed by atoms with E-state index in [0.29, 0.717) is 5.69 Å². The zero-order valence-electron chi connectivity index (χ0n) is 8.98. The lowest BCUT2D eigenvalue weighted by Gasteiger charge is -2.03. The zero-order valence-corrected chi connectivity index (χ0v) is 11.4. The van der Waals surface area contributed by atoms with Crippen LogP contribution >= 0.6 is 27.3 Å². The van der Waals surface area contributed by atoms with Crippen LogP contribution in [0.5, 0.6) is 0 Å². The van der Waals surface area contributed by atoms with Crippen LogP contribution in [0.25, 0.3) is 0 Å². The van der Waals surface area contributed by atoms with E-state index in [4.69, 9.17) is 5.26 Å². The van der Waals surface area contributed by atoms with Gasteiger partial charge in [-0.2, -0.15) is 5.26 Å². The SMILES string of the molecule is N#Cc1cc(CNCc2cc(Br)cs2)ccn1. The second kappa shape index (κ2) is 5.92. The Bertz CT molecular complexity index is 545. The van der Waals surface area contributed by atoms with Gasteiger partial charge in [-0.05, 0) is 39.7 Å². The molecule has 0 atom stereocenters. The number of nitrogens with zero attached hydrogens (tertiary/aromatic N) is 2. The van der Waals surface area contributed by atoms with E-state index in [9.17, 15) is 0 Å². The predicted molar refractivity (Wildman–Crippen MR) is 71.5 cm³/mol. The average molecular weight is 308 g/mol. The lowest BCUT2D eigenvalue weighted by atomic mass is 10.2. The summed E-state index contributed by atoms with van der Waals surface area (Å²) in [5.41, 5.74) is 1.54. The van der Waals surface area contributed by atoms with Gasteiger partial charge in [0.2, 0.25) is 0 Å². The Morgan fingerprint density at radius 1 is 1.41 bits per heavy atom. The van der Waals surface area contributed by atoms with Gasteiger partial charge in [-0.25, -0.2) is 4.98 Å². The van der Waals surface area contributed by atoms with Crippen LogP contribution in [0.1, 0.15) is 16.1 Å². The maximum absolute atomic E-state index is 8.73. The Hall–Kier alpha value is -1.22. The molecule has 0 aliphatic rings. The molecule has 3 nitrogen and oxygen atoms in total. The Balaban J connectivity index is 1.88. The molecular formula is C12H10BrN3S. The van der Waals surface area contributed by atoms with E-state index >= 15 is 0 Å². The van der Waals surface area contributed by atoms with Gasteiger partial charge in [0.15, 0.2) is 0 Å². The summed E-state index contributed by atoms with van der Waals surface area (Å²) in [5.74, 6) is 0. The third kappa shape index (κ3) is 3.63. The molecule has 0 amide bonds. The number of nitrogens with one attached hydrogen (secondary N) is 1. The lowest BCUT2D eigenvalue weighted by Crippen LogP contribution is -2.11. The molecule has 17 heavy (non-hydrogen) atoms. The van der Waals surface area contributed by atoms with E-state index in [1.165, 1.54) is 4.88 Å². The van der Waals surface area contributed by atoms with Crippen molar-refractivity contribution < 1.29 is 0 Å². The van der Waals surface area contributed by atoms with Gasteiger partial charge >= 0.3 is 0 Å². The number of thiophene rings is 1. The van der Waals surface area contributed by atoms with Crippen molar-refractivity contribution in [1.82, 2.24) is 10.3 Å². The first-order chi connectivity index (χ1) is 8.28. The second-order valence-corrected chi connectivity index (χ2v) is 5.41. The minimum atomic E-state index is 0.461. The van der Waals surface area contributed by atoms with Gasteiger partial charge in [0.1, 0.15) is 11.8 Å². The second-order valence-electron chi connectivity index (χ2n) is 3.50. The number of hydrogen-bond acceptors (Lipinski definition) is 4. The van der Waals surface area contributed by atoms with Crippen molar-refractivity contribution in [3.05, 3.63) is 50.4 Å². The summed E-state index contributed by atoms with van der Waals surface area (Å²) in [5, 5.41) is 14.1. The minimum Gasteiger partial charge on any atom is -0.308 e. The number of hydrogen-bond donors (Lipinski definition) is 1. The van der Waals surface area contributed by atoms with E-state index in [0.717, 1.165) is 23.1 Å². The molecule has 5 heteroatoms. The Morgan fingerprint density at radius 3 is 3.00 bits per heavy atom. The van der Waals surface area contributed by atoms with Crippen LogP contribution in [-0.4, -0.2) is 4.98 Å². The average Bonchev–Trinajstić information content (AvgIpc) is 2.75. The number of halogens is 1. The summed E-state index contributed by atoms with van der Waals surface area (Å²) in [7, 11) is 0. The molecule has 0 spiro atoms. The first kappa shape index (κ1) is 12.2. The Morgan fingerprint density at radius 2 is 2.29 bits per heavy atom. The Labute approximate surface area is 112 Å². The molecule has 0 aliphatic carbocycles. The van der Waals surface area contributed by atoms with Crippen molar-refractivity contribution in [2.75, 3.05) is 0 Å². The van der Waals surface area contributed by atoms with Crippen LogP contribution in [0, 0.1) is 11.3 Å². The van der Waals surface area contributed by atoms with E-state index < -0.39 is 0 Å². The van der Waals surface area contributed by atoms with Gasteiger partial charge < -0.3 is 5.32 Å². The third-order valence-electron chi connectivity index (χ3n) is 2.19. The summed E-state index contributed by atoms with van der Waals surface area (Å²) >= 11 is 5.14. The van der Waals surface area contributed by atoms with Crippen LogP contribution in [0.15, 0.2) is 34.2 Å². The number of pyridine rings is 1. The topological polar surface area (TPSA) is 48.7 Å². The maximum atomic E-state index is 8.73. The summed E-state index contributed by atoms with van der Waals surface area (Å²) < 4.78 is 1.12. The molecule has 0 fully saturated rings. The van der Waals surface area contributed by atoms with Crippen LogP contribution in [0.3, 0.4) is 0 Å². The molecule has 0 unspecified atom stereocenters. The molecule has 86 valence electrons. The molecule has 0 saturated heterocycles. The fraction of sp³-hybridized carbons (Fsp3) is 0.167. The molecule has 2 heterocycles. The van der Waals surface area contributed by atoms with Crippen LogP contribution in [0.4, 0.5) is 0 Å². The molecule has 1 N–H and O–H groups in total. The van der Waals surface area contributed by atoms with Gasteiger partial charge in [0.25, 0.3) is 0 Å². The van der Waals surface area contributed by atoms with Gasteiger partial charge in [0.05, 0.1) is 0 Å². The fourth-order valence-corrected chi connectivity index (χ4v) is 2.84. The monoisotopic (exact) mass is 307 g/mol. The minimum absolute atomic E-state index is 0.461. The van der Waals surface area contributed by atoms with Crippen molar-refractivity contribution >= 4 is 27.3 Å². The van der Waals surface area contributed by atoms with E-state index in [2.05, 4.69) is 37.7 Å². The van der Waals surface area contributed by atoms with Gasteiger partial charge in [0, 0.05) is 34.0 Å². The Kier molecular flexibility index (Phi) is 4.26. The number of nitriles is 1. The molecule has 0 radical (unpaired) electrons. The molecule has 2 aromatic heterocycles. The molecule has 2 aromatic rings. The highest BCUT2D eigenvalue weighted by atomic mass is 79.9. The zero-order chi connectivity index (χ0) is 12.1. The summed E-state index contributed by atoms with van der Waals surface area (Å²) in [6.45, 7) is 1.58. The third-order valence-corrected chi connectivity index (χ3v) is 3.89. The van der Waals surface area contributed by atoms with Crippen molar-refractivity contribution in [2.45, 2.75) is 13.1 Å². The van der Waals surface area contributed by atoms with Gasteiger partial charge in [-0.3, -0.25) is 0 Å². The van der Waals surface area contributed by atoms with Crippen LogP contribution in [0.2, 0.25) is 0 Å². The first-order valence-electron chi connectivity index (χ1n) is 5.06. The van der Waals surface area contributed by atoms with E-state index in [-0.39, 0.29) is 0 Å². The molecule has 0 aliphatic heterocycles. The van der Waals surface area contributed by atoms with E-state index in [1.807, 2.05) is 12.1 Å². The highest BCUT2D eigenvalue weighted by molar-refractivity contribution is 9.10. The normalized spacial score (nSPS) is 10.1. The maximum Gasteiger partial charge on any atom is 0.140 e. The van der Waals surface area contributed by atoms with Crippen molar-refractivity contribution in [3.8, 4) is 6.07 Å². The first-order valence-corrected chi connectivity index (χ1v) is 6.74. The number of aromatic nitrogens is 1. The smallest absolute Gasteiger partial charge is 0.140 e. The molecule has 0 bridgehead atoms. The van der Waals surface area contributed by atoms with Gasteiger partial charge in [-0.15, -0.1) is 11.3 Å². The van der Waals surface area contributed by atoms with Gasteiger partial charge in [-0.1, -0.05) is 0 Å². The molecular weight excluding hydrogens is 298 g/mol. The molecule has 0 aromatic carbocycles. The summed E-state index contributed by atoms with van der Waals surface area (Å²) in [6.07, 6.45) is 1.66. The van der Waals surface area contributed by atoms with Crippen LogP contribution in [-0.2, 0) is 13.1 Å². The highest BCUT2D eigenvalue weighted by Crippen LogP contribution is 2.19. The van der Waals surface area contributed by atoms with E-state index in [1.54, 1.807) is 23.6 Å². The largest absolute Gasteiger partial charge is 0.308 e. The summed E-state index contributed by atoms with van der Waals surface area (Å²) in [6, 6.07) is 7.86. The standard InChI is InChI=1S/C12H10BrN3S/c13-10-4-12(17-8-10)7-15-6-9-1-2-16-11(3-9)5-14/h1-4,8,15H,6-7H2.